The molecule has 2 heteroatoms. The van der Waals surface area contributed by atoms with Gasteiger partial charge in [-0.3, -0.25) is 9.69 Å². The van der Waals surface area contributed by atoms with Crippen molar-refractivity contribution in [2.24, 2.45) is 5.92 Å². The minimum absolute atomic E-state index is 0.388. The first kappa shape index (κ1) is 11.3. The number of carbonyl (C=O) groups is 1. The second-order valence-corrected chi connectivity index (χ2v) is 4.71. The van der Waals surface area contributed by atoms with Crippen LogP contribution in [0.15, 0.2) is 30.3 Å². The number of carbonyl (C=O) groups excluding carboxylic acids is 1. The maximum atomic E-state index is 11.6. The summed E-state index contributed by atoms with van der Waals surface area (Å²) < 4.78 is 0. The second-order valence-electron chi connectivity index (χ2n) is 4.71. The summed E-state index contributed by atoms with van der Waals surface area (Å²) in [5, 5.41) is 0. The third kappa shape index (κ3) is 3.46. The minimum atomic E-state index is 0.388. The number of likely N-dealkylation sites (N-methyl/N-ethyl adjacent to an activating group) is 1. The fourth-order valence-electron chi connectivity index (χ4n) is 1.84. The summed E-state index contributed by atoms with van der Waals surface area (Å²) in [5.41, 5.74) is 1.34. The van der Waals surface area contributed by atoms with Crippen LogP contribution in [0.1, 0.15) is 18.4 Å². The molecule has 1 aliphatic rings. The van der Waals surface area contributed by atoms with E-state index in [2.05, 4.69) is 29.2 Å². The molecule has 0 unspecified atom stereocenters. The highest BCUT2D eigenvalue weighted by molar-refractivity contribution is 5.84. The van der Waals surface area contributed by atoms with Crippen LogP contribution in [0.5, 0.6) is 0 Å². The Kier molecular flexibility index (Phi) is 3.73. The number of rotatable bonds is 6. The molecular weight excluding hydrogens is 198 g/mol. The van der Waals surface area contributed by atoms with Crippen molar-refractivity contribution in [3.63, 3.8) is 0 Å². The van der Waals surface area contributed by atoms with E-state index in [0.29, 0.717) is 18.2 Å². The maximum Gasteiger partial charge on any atom is 0.149 e. The summed E-state index contributed by atoms with van der Waals surface area (Å²) in [4.78, 5) is 13.7. The molecule has 1 saturated carbocycles. The fraction of sp³-hybridized carbons (Fsp3) is 0.500. The summed E-state index contributed by atoms with van der Waals surface area (Å²) in [6, 6.07) is 10.4. The van der Waals surface area contributed by atoms with Crippen LogP contribution in [0.25, 0.3) is 0 Å². The van der Waals surface area contributed by atoms with E-state index in [9.17, 15) is 4.79 Å². The number of nitrogens with zero attached hydrogens (tertiary/aromatic N) is 1. The van der Waals surface area contributed by atoms with Crippen LogP contribution < -0.4 is 0 Å². The van der Waals surface area contributed by atoms with Crippen LogP contribution in [0.3, 0.4) is 0 Å². The van der Waals surface area contributed by atoms with Crippen molar-refractivity contribution < 1.29 is 4.79 Å². The van der Waals surface area contributed by atoms with Crippen molar-refractivity contribution in [1.29, 1.82) is 0 Å². The van der Waals surface area contributed by atoms with E-state index < -0.39 is 0 Å². The third-order valence-corrected chi connectivity index (χ3v) is 3.08. The van der Waals surface area contributed by atoms with Gasteiger partial charge in [0.1, 0.15) is 5.78 Å². The Morgan fingerprint density at radius 2 is 2.00 bits per heavy atom. The molecule has 0 aliphatic heterocycles. The van der Waals surface area contributed by atoms with Crippen molar-refractivity contribution in [2.45, 2.75) is 19.3 Å². The topological polar surface area (TPSA) is 20.3 Å². The van der Waals surface area contributed by atoms with E-state index >= 15 is 0 Å². The highest BCUT2D eigenvalue weighted by atomic mass is 16.1. The van der Waals surface area contributed by atoms with Gasteiger partial charge >= 0.3 is 0 Å². The second kappa shape index (κ2) is 5.26. The van der Waals surface area contributed by atoms with Crippen LogP contribution in [0, 0.1) is 5.92 Å². The van der Waals surface area contributed by atoms with Crippen LogP contribution in [0.2, 0.25) is 0 Å². The third-order valence-electron chi connectivity index (χ3n) is 3.08. The summed E-state index contributed by atoms with van der Waals surface area (Å²) in [6.45, 7) is 1.58. The molecule has 0 saturated heterocycles. The number of hydrogen-bond donors (Lipinski definition) is 0. The summed E-state index contributed by atoms with van der Waals surface area (Å²) in [5.74, 6) is 0.815. The highest BCUT2D eigenvalue weighted by Gasteiger charge is 2.29. The summed E-state index contributed by atoms with van der Waals surface area (Å²) in [6.07, 6.45) is 3.26. The zero-order chi connectivity index (χ0) is 11.4. The van der Waals surface area contributed by atoms with Gasteiger partial charge < -0.3 is 0 Å². The molecular formula is C14H19NO. The Hall–Kier alpha value is -1.15. The Labute approximate surface area is 97.3 Å². The standard InChI is InChI=1S/C14H19NO/c1-15(11-14(16)13-7-8-13)10-9-12-5-3-2-4-6-12/h2-6,13H,7-11H2,1H3. The van der Waals surface area contributed by atoms with Crippen LogP contribution >= 0.6 is 0 Å². The lowest BCUT2D eigenvalue weighted by Crippen LogP contribution is -2.28. The average Bonchev–Trinajstić information content (AvgIpc) is 3.11. The van der Waals surface area contributed by atoms with Gasteiger partial charge in [-0.2, -0.15) is 0 Å². The molecule has 0 heterocycles. The highest BCUT2D eigenvalue weighted by Crippen LogP contribution is 2.29. The lowest BCUT2D eigenvalue weighted by atomic mass is 10.1. The van der Waals surface area contributed by atoms with Gasteiger partial charge in [0.15, 0.2) is 0 Å². The fourth-order valence-corrected chi connectivity index (χ4v) is 1.84. The molecule has 1 aromatic carbocycles. The molecule has 1 aromatic rings. The molecule has 0 radical (unpaired) electrons. The first-order chi connectivity index (χ1) is 7.75. The van der Waals surface area contributed by atoms with Crippen molar-refractivity contribution in [3.05, 3.63) is 35.9 Å². The van der Waals surface area contributed by atoms with Crippen LogP contribution in [-0.4, -0.2) is 30.8 Å². The number of hydrogen-bond acceptors (Lipinski definition) is 2. The monoisotopic (exact) mass is 217 g/mol. The van der Waals surface area contributed by atoms with Crippen molar-refractivity contribution in [3.8, 4) is 0 Å². The largest absolute Gasteiger partial charge is 0.299 e. The quantitative estimate of drug-likeness (QED) is 0.727. The molecule has 0 spiro atoms. The van der Waals surface area contributed by atoms with Gasteiger partial charge in [0.05, 0.1) is 6.54 Å². The lowest BCUT2D eigenvalue weighted by Gasteiger charge is -2.15. The molecule has 0 aromatic heterocycles. The Morgan fingerprint density at radius 1 is 1.31 bits per heavy atom. The predicted molar refractivity (Wildman–Crippen MR) is 65.4 cm³/mol. The van der Waals surface area contributed by atoms with E-state index in [1.54, 1.807) is 0 Å². The normalized spacial score (nSPS) is 15.4. The van der Waals surface area contributed by atoms with Gasteiger partial charge in [0.25, 0.3) is 0 Å². The Balaban J connectivity index is 1.71. The zero-order valence-electron chi connectivity index (χ0n) is 9.86. The molecule has 0 N–H and O–H groups in total. The van der Waals surface area contributed by atoms with Crippen LogP contribution in [-0.2, 0) is 11.2 Å². The Bertz CT molecular complexity index is 343. The van der Waals surface area contributed by atoms with Gasteiger partial charge in [-0.25, -0.2) is 0 Å². The summed E-state index contributed by atoms with van der Waals surface area (Å²) in [7, 11) is 2.03. The molecule has 1 aliphatic carbocycles. The van der Waals surface area contributed by atoms with E-state index in [1.165, 1.54) is 5.56 Å². The lowest BCUT2D eigenvalue weighted by molar-refractivity contribution is -0.121. The average molecular weight is 217 g/mol. The maximum absolute atomic E-state index is 11.6. The number of ketones is 1. The van der Waals surface area contributed by atoms with Gasteiger partial charge in [0, 0.05) is 12.5 Å². The van der Waals surface area contributed by atoms with Gasteiger partial charge in [-0.15, -0.1) is 0 Å². The zero-order valence-corrected chi connectivity index (χ0v) is 9.86. The molecule has 16 heavy (non-hydrogen) atoms. The molecule has 0 atom stereocenters. The van der Waals surface area contributed by atoms with Gasteiger partial charge in [0.2, 0.25) is 0 Å². The van der Waals surface area contributed by atoms with Crippen LogP contribution in [0.4, 0.5) is 0 Å². The molecule has 1 fully saturated rings. The molecule has 0 bridgehead atoms. The van der Waals surface area contributed by atoms with E-state index in [4.69, 9.17) is 0 Å². The minimum Gasteiger partial charge on any atom is -0.299 e. The Morgan fingerprint density at radius 3 is 2.62 bits per heavy atom. The molecule has 2 nitrogen and oxygen atoms in total. The number of Topliss-reactive ketones (excluding diaryl/α,β-unsaturated/α-hetero) is 1. The van der Waals surface area contributed by atoms with Crippen molar-refractivity contribution in [2.75, 3.05) is 20.1 Å². The summed E-state index contributed by atoms with van der Waals surface area (Å²) >= 11 is 0. The van der Waals surface area contributed by atoms with Gasteiger partial charge in [-0.1, -0.05) is 30.3 Å². The van der Waals surface area contributed by atoms with Crippen molar-refractivity contribution in [1.82, 2.24) is 4.90 Å². The van der Waals surface area contributed by atoms with Gasteiger partial charge in [-0.05, 0) is 31.9 Å². The smallest absolute Gasteiger partial charge is 0.149 e. The SMILES string of the molecule is CN(CCc1ccccc1)CC(=O)C1CC1. The number of benzene rings is 1. The van der Waals surface area contributed by atoms with E-state index in [1.807, 2.05) is 13.1 Å². The first-order valence-electron chi connectivity index (χ1n) is 6.01. The first-order valence-corrected chi connectivity index (χ1v) is 6.01. The van der Waals surface area contributed by atoms with Crippen molar-refractivity contribution >= 4 is 5.78 Å². The van der Waals surface area contributed by atoms with E-state index in [-0.39, 0.29) is 0 Å². The molecule has 0 amide bonds. The predicted octanol–water partition coefficient (Wildman–Crippen LogP) is 2.14. The molecule has 86 valence electrons. The molecule has 2 rings (SSSR count). The van der Waals surface area contributed by atoms with E-state index in [0.717, 1.165) is 25.8 Å².